The fourth-order valence-corrected chi connectivity index (χ4v) is 2.75. The number of alkyl halides is 3. The van der Waals surface area contributed by atoms with Crippen molar-refractivity contribution in [1.82, 2.24) is 19.6 Å². The molecule has 114 valence electrons. The summed E-state index contributed by atoms with van der Waals surface area (Å²) in [5.74, 6) is 0.386. The highest BCUT2D eigenvalue weighted by Gasteiger charge is 2.46. The second kappa shape index (κ2) is 4.78. The SMILES string of the molecule is CCn1cc([C@@H]2C[C@@H](C(F)(F)F)n3nccc3N2)c(C)n1. The van der Waals surface area contributed by atoms with Crippen LogP contribution in [0.5, 0.6) is 0 Å². The third-order valence-electron chi connectivity index (χ3n) is 3.81. The van der Waals surface area contributed by atoms with Crippen LogP contribution < -0.4 is 5.32 Å². The van der Waals surface area contributed by atoms with Gasteiger partial charge in [0.15, 0.2) is 6.04 Å². The van der Waals surface area contributed by atoms with Crippen molar-refractivity contribution in [2.45, 2.75) is 45.1 Å². The number of nitrogens with one attached hydrogen (secondary N) is 1. The monoisotopic (exact) mass is 299 g/mol. The van der Waals surface area contributed by atoms with E-state index in [1.165, 1.54) is 6.20 Å². The predicted molar refractivity (Wildman–Crippen MR) is 70.9 cm³/mol. The molecule has 0 fully saturated rings. The summed E-state index contributed by atoms with van der Waals surface area (Å²) in [6.07, 6.45) is -1.22. The highest BCUT2D eigenvalue weighted by Crippen LogP contribution is 2.43. The highest BCUT2D eigenvalue weighted by molar-refractivity contribution is 5.42. The highest BCUT2D eigenvalue weighted by atomic mass is 19.4. The number of aryl methyl sites for hydroxylation is 2. The van der Waals surface area contributed by atoms with Gasteiger partial charge in [0.1, 0.15) is 5.82 Å². The van der Waals surface area contributed by atoms with Crippen LogP contribution in [-0.4, -0.2) is 25.7 Å². The fraction of sp³-hybridized carbons (Fsp3) is 0.538. The fourth-order valence-electron chi connectivity index (χ4n) is 2.75. The van der Waals surface area contributed by atoms with Gasteiger partial charge in [-0.15, -0.1) is 0 Å². The first-order valence-electron chi connectivity index (χ1n) is 6.81. The van der Waals surface area contributed by atoms with Crippen molar-refractivity contribution in [3.8, 4) is 0 Å². The summed E-state index contributed by atoms with van der Waals surface area (Å²) in [6, 6.07) is -0.468. The second-order valence-corrected chi connectivity index (χ2v) is 5.18. The van der Waals surface area contributed by atoms with Crippen molar-refractivity contribution in [1.29, 1.82) is 0 Å². The van der Waals surface area contributed by atoms with Gasteiger partial charge >= 0.3 is 6.18 Å². The zero-order valence-electron chi connectivity index (χ0n) is 11.7. The number of fused-ring (bicyclic) bond motifs is 1. The van der Waals surface area contributed by atoms with E-state index in [9.17, 15) is 13.2 Å². The van der Waals surface area contributed by atoms with Gasteiger partial charge in [-0.1, -0.05) is 0 Å². The molecule has 0 radical (unpaired) electrons. The number of hydrogen-bond donors (Lipinski definition) is 1. The summed E-state index contributed by atoms with van der Waals surface area (Å²) in [5, 5.41) is 11.2. The Morgan fingerprint density at radius 1 is 1.43 bits per heavy atom. The minimum absolute atomic E-state index is 0.0889. The van der Waals surface area contributed by atoms with Crippen LogP contribution in [0.4, 0.5) is 19.0 Å². The lowest BCUT2D eigenvalue weighted by atomic mass is 9.97. The van der Waals surface area contributed by atoms with Crippen molar-refractivity contribution < 1.29 is 13.2 Å². The van der Waals surface area contributed by atoms with E-state index >= 15 is 0 Å². The Morgan fingerprint density at radius 2 is 2.19 bits per heavy atom. The van der Waals surface area contributed by atoms with Crippen LogP contribution in [0.1, 0.15) is 36.7 Å². The van der Waals surface area contributed by atoms with Gasteiger partial charge in [0.2, 0.25) is 0 Å². The normalized spacial score (nSPS) is 22.0. The molecule has 0 unspecified atom stereocenters. The number of anilines is 1. The topological polar surface area (TPSA) is 47.7 Å². The minimum Gasteiger partial charge on any atom is -0.363 e. The Kier molecular flexibility index (Phi) is 3.18. The molecule has 1 N–H and O–H groups in total. The van der Waals surface area contributed by atoms with Crippen LogP contribution in [0.15, 0.2) is 18.5 Å². The van der Waals surface area contributed by atoms with E-state index in [0.717, 1.165) is 15.9 Å². The maximum Gasteiger partial charge on any atom is 0.410 e. The third kappa shape index (κ3) is 2.38. The zero-order valence-corrected chi connectivity index (χ0v) is 11.7. The number of halogens is 3. The van der Waals surface area contributed by atoms with Gasteiger partial charge in [0.05, 0.1) is 17.9 Å². The molecule has 2 atom stereocenters. The van der Waals surface area contributed by atoms with E-state index in [4.69, 9.17) is 0 Å². The van der Waals surface area contributed by atoms with E-state index in [2.05, 4.69) is 15.5 Å². The van der Waals surface area contributed by atoms with Gasteiger partial charge in [-0.25, -0.2) is 4.68 Å². The second-order valence-electron chi connectivity index (χ2n) is 5.18. The maximum atomic E-state index is 13.2. The number of nitrogens with zero attached hydrogens (tertiary/aromatic N) is 4. The van der Waals surface area contributed by atoms with Gasteiger partial charge in [-0.2, -0.15) is 23.4 Å². The smallest absolute Gasteiger partial charge is 0.363 e. The predicted octanol–water partition coefficient (Wildman–Crippen LogP) is 3.07. The number of hydrogen-bond acceptors (Lipinski definition) is 3. The van der Waals surface area contributed by atoms with E-state index in [1.54, 1.807) is 10.7 Å². The number of rotatable bonds is 2. The van der Waals surface area contributed by atoms with Gasteiger partial charge in [0.25, 0.3) is 0 Å². The average molecular weight is 299 g/mol. The molecule has 0 saturated heterocycles. The lowest BCUT2D eigenvalue weighted by molar-refractivity contribution is -0.173. The maximum absolute atomic E-state index is 13.2. The molecule has 2 aromatic heterocycles. The first-order chi connectivity index (χ1) is 9.90. The van der Waals surface area contributed by atoms with Gasteiger partial charge in [-0.3, -0.25) is 4.68 Å². The average Bonchev–Trinajstić information content (AvgIpc) is 3.01. The number of aromatic nitrogens is 4. The van der Waals surface area contributed by atoms with Gasteiger partial charge in [0, 0.05) is 30.8 Å². The molecule has 8 heteroatoms. The van der Waals surface area contributed by atoms with Crippen LogP contribution in [-0.2, 0) is 6.54 Å². The van der Waals surface area contributed by atoms with Crippen molar-refractivity contribution >= 4 is 5.82 Å². The molecule has 5 nitrogen and oxygen atoms in total. The first kappa shape index (κ1) is 14.0. The Morgan fingerprint density at radius 3 is 2.81 bits per heavy atom. The Bertz CT molecular complexity index is 643. The standard InChI is InChI=1S/C13H16F3N5/c1-3-20-7-9(8(2)19-20)10-6-11(13(14,15)16)21-12(18-10)4-5-17-21/h4-5,7,10-11,18H,3,6H2,1-2H3/t10-,11-/m0/s1. The van der Waals surface area contributed by atoms with Crippen LogP contribution in [0, 0.1) is 6.92 Å². The molecule has 0 aliphatic carbocycles. The van der Waals surface area contributed by atoms with E-state index in [-0.39, 0.29) is 6.42 Å². The Hall–Kier alpha value is -1.99. The van der Waals surface area contributed by atoms with Crippen molar-refractivity contribution in [2.24, 2.45) is 0 Å². The molecule has 3 heterocycles. The molecular formula is C13H16F3N5. The molecule has 1 aliphatic rings. The van der Waals surface area contributed by atoms with Crippen LogP contribution in [0.2, 0.25) is 0 Å². The van der Waals surface area contributed by atoms with Crippen molar-refractivity contribution in [2.75, 3.05) is 5.32 Å². The molecule has 21 heavy (non-hydrogen) atoms. The molecule has 1 aliphatic heterocycles. The van der Waals surface area contributed by atoms with Crippen molar-refractivity contribution in [3.05, 3.63) is 29.7 Å². The molecular weight excluding hydrogens is 283 g/mol. The van der Waals surface area contributed by atoms with Crippen LogP contribution in [0.25, 0.3) is 0 Å². The molecule has 0 aromatic carbocycles. The van der Waals surface area contributed by atoms with Gasteiger partial charge < -0.3 is 5.32 Å². The quantitative estimate of drug-likeness (QED) is 0.927. The lowest BCUT2D eigenvalue weighted by Crippen LogP contribution is -2.35. The summed E-state index contributed by atoms with van der Waals surface area (Å²) in [7, 11) is 0. The Balaban J connectivity index is 1.98. The summed E-state index contributed by atoms with van der Waals surface area (Å²) in [4.78, 5) is 0. The van der Waals surface area contributed by atoms with Gasteiger partial charge in [-0.05, 0) is 13.8 Å². The third-order valence-corrected chi connectivity index (χ3v) is 3.81. The zero-order chi connectivity index (χ0) is 15.2. The molecule has 3 rings (SSSR count). The minimum atomic E-state index is -4.32. The largest absolute Gasteiger partial charge is 0.410 e. The lowest BCUT2D eigenvalue weighted by Gasteiger charge is -2.33. The van der Waals surface area contributed by atoms with E-state index < -0.39 is 18.3 Å². The van der Waals surface area contributed by atoms with E-state index in [1.807, 2.05) is 20.0 Å². The summed E-state index contributed by atoms with van der Waals surface area (Å²) in [5.41, 5.74) is 1.56. The Labute approximate surface area is 119 Å². The molecule has 0 bridgehead atoms. The summed E-state index contributed by atoms with van der Waals surface area (Å²) in [6.45, 7) is 4.45. The molecule has 0 spiro atoms. The molecule has 0 amide bonds. The molecule has 2 aromatic rings. The summed E-state index contributed by atoms with van der Waals surface area (Å²) < 4.78 is 42.5. The van der Waals surface area contributed by atoms with E-state index in [0.29, 0.717) is 12.4 Å². The van der Waals surface area contributed by atoms with Crippen molar-refractivity contribution in [3.63, 3.8) is 0 Å². The van der Waals surface area contributed by atoms with Crippen LogP contribution >= 0.6 is 0 Å². The van der Waals surface area contributed by atoms with Crippen LogP contribution in [0.3, 0.4) is 0 Å². The molecule has 0 saturated carbocycles. The summed E-state index contributed by atoms with van der Waals surface area (Å²) >= 11 is 0. The first-order valence-corrected chi connectivity index (χ1v) is 6.81.